The molecule has 2 fully saturated rings. The fourth-order valence-corrected chi connectivity index (χ4v) is 7.32. The molecule has 0 amide bonds. The molecule has 0 bridgehead atoms. The normalized spacial score (nSPS) is 27.3. The average molecular weight is 791 g/mol. The van der Waals surface area contributed by atoms with Crippen LogP contribution < -0.4 is 0 Å². The maximum absolute atomic E-state index is 12.2. The number of methoxy groups -OCH3 is 1. The molecule has 5 aromatic carbocycles. The van der Waals surface area contributed by atoms with Crippen molar-refractivity contribution in [1.29, 1.82) is 0 Å². The minimum Gasteiger partial charge on any atom is -0.387 e. The van der Waals surface area contributed by atoms with E-state index in [2.05, 4.69) is 0 Å². The summed E-state index contributed by atoms with van der Waals surface area (Å²) in [6.07, 6.45) is -8.31. The van der Waals surface area contributed by atoms with Gasteiger partial charge in [-0.25, -0.2) is 0 Å². The Labute approximate surface area is 341 Å². The topological polar surface area (TPSA) is 103 Å². The minimum atomic E-state index is -1.20. The second kappa shape index (κ2) is 21.6. The Morgan fingerprint density at radius 1 is 0.448 bits per heavy atom. The first kappa shape index (κ1) is 41.8. The molecule has 2 aliphatic heterocycles. The number of aliphatic hydroxyl groups is 1. The summed E-state index contributed by atoms with van der Waals surface area (Å²) in [4.78, 5) is 0. The van der Waals surface area contributed by atoms with E-state index in [0.29, 0.717) is 19.8 Å². The number of ether oxygens (including phenoxy) is 9. The fraction of sp³-hybridized carbons (Fsp3) is 0.375. The van der Waals surface area contributed by atoms with Gasteiger partial charge in [0.25, 0.3) is 0 Å². The minimum absolute atomic E-state index is 0.0786. The van der Waals surface area contributed by atoms with Crippen LogP contribution in [0.1, 0.15) is 34.7 Å². The molecule has 58 heavy (non-hydrogen) atoms. The van der Waals surface area contributed by atoms with E-state index in [1.165, 1.54) is 0 Å². The van der Waals surface area contributed by atoms with E-state index in [9.17, 15) is 5.11 Å². The maximum Gasteiger partial charge on any atom is 0.187 e. The maximum atomic E-state index is 12.2. The summed E-state index contributed by atoms with van der Waals surface area (Å²) >= 11 is 0. The summed E-state index contributed by atoms with van der Waals surface area (Å²) in [5.74, 6) is 0. The number of hydrogen-bond donors (Lipinski definition) is 1. The zero-order valence-corrected chi connectivity index (χ0v) is 33.1. The van der Waals surface area contributed by atoms with Crippen molar-refractivity contribution in [2.24, 2.45) is 0 Å². The molecule has 10 atom stereocenters. The predicted octanol–water partition coefficient (Wildman–Crippen LogP) is 7.41. The van der Waals surface area contributed by atoms with E-state index in [1.807, 2.05) is 159 Å². The van der Waals surface area contributed by atoms with Crippen molar-refractivity contribution in [3.05, 3.63) is 179 Å². The first-order valence-corrected chi connectivity index (χ1v) is 20.0. The molecule has 2 heterocycles. The van der Waals surface area contributed by atoms with Crippen LogP contribution in [-0.4, -0.2) is 80.2 Å². The van der Waals surface area contributed by atoms with Gasteiger partial charge in [-0.05, 0) is 34.7 Å². The summed E-state index contributed by atoms with van der Waals surface area (Å²) < 4.78 is 58.8. The van der Waals surface area contributed by atoms with Crippen LogP contribution in [0.15, 0.2) is 152 Å². The van der Waals surface area contributed by atoms with Gasteiger partial charge in [-0.3, -0.25) is 0 Å². The van der Waals surface area contributed by atoms with E-state index in [0.717, 1.165) is 27.8 Å². The Morgan fingerprint density at radius 2 is 0.828 bits per heavy atom. The van der Waals surface area contributed by atoms with Crippen LogP contribution in [0, 0.1) is 0 Å². The van der Waals surface area contributed by atoms with Crippen molar-refractivity contribution in [1.82, 2.24) is 0 Å². The Bertz CT molecular complexity index is 1870. The number of benzene rings is 5. The molecule has 2 saturated heterocycles. The van der Waals surface area contributed by atoms with E-state index in [-0.39, 0.29) is 19.8 Å². The van der Waals surface area contributed by atoms with Gasteiger partial charge in [-0.15, -0.1) is 0 Å². The van der Waals surface area contributed by atoms with E-state index < -0.39 is 61.4 Å². The second-order valence-electron chi connectivity index (χ2n) is 14.6. The lowest BCUT2D eigenvalue weighted by molar-refractivity contribution is -0.370. The third-order valence-electron chi connectivity index (χ3n) is 10.4. The molecule has 7 rings (SSSR count). The SMILES string of the molecule is CO[C@@H]1O[C@H](COCc2ccccc2)[C@H](O)[C@H](O[C@@H]2O[C@@H](C)[C@@H](OCc3ccccc3)[C@@H](OCc3ccccc3)[C@@H]2OCc2ccccc2)[C@H]1OCc1ccccc1. The van der Waals surface area contributed by atoms with Crippen molar-refractivity contribution in [2.75, 3.05) is 13.7 Å². The van der Waals surface area contributed by atoms with Gasteiger partial charge in [0.1, 0.15) is 42.7 Å². The van der Waals surface area contributed by atoms with Gasteiger partial charge < -0.3 is 47.7 Å². The first-order valence-electron chi connectivity index (χ1n) is 20.0. The molecular formula is C48H54O10. The van der Waals surface area contributed by atoms with Crippen molar-refractivity contribution in [3.8, 4) is 0 Å². The molecule has 306 valence electrons. The molecule has 0 aliphatic carbocycles. The molecule has 0 radical (unpaired) electrons. The Hall–Kier alpha value is -4.30. The van der Waals surface area contributed by atoms with E-state index in [1.54, 1.807) is 7.11 Å². The second-order valence-corrected chi connectivity index (χ2v) is 14.6. The molecule has 0 unspecified atom stereocenters. The van der Waals surface area contributed by atoms with Crippen LogP contribution in [0.3, 0.4) is 0 Å². The summed E-state index contributed by atoms with van der Waals surface area (Å²) in [6, 6.07) is 49.6. The van der Waals surface area contributed by atoms with Crippen molar-refractivity contribution in [2.45, 2.75) is 101 Å². The molecule has 2 aliphatic rings. The van der Waals surface area contributed by atoms with Crippen LogP contribution in [0.2, 0.25) is 0 Å². The van der Waals surface area contributed by atoms with Crippen LogP contribution in [0.5, 0.6) is 0 Å². The zero-order chi connectivity index (χ0) is 39.9. The summed E-state index contributed by atoms with van der Waals surface area (Å²) in [7, 11) is 1.55. The highest BCUT2D eigenvalue weighted by molar-refractivity contribution is 5.17. The highest BCUT2D eigenvalue weighted by Crippen LogP contribution is 2.35. The third-order valence-corrected chi connectivity index (χ3v) is 10.4. The summed E-state index contributed by atoms with van der Waals surface area (Å²) in [6.45, 7) is 3.49. The van der Waals surface area contributed by atoms with Gasteiger partial charge in [0.15, 0.2) is 12.6 Å². The molecule has 0 aromatic heterocycles. The van der Waals surface area contributed by atoms with Crippen LogP contribution >= 0.6 is 0 Å². The highest BCUT2D eigenvalue weighted by atomic mass is 16.8. The van der Waals surface area contributed by atoms with Crippen LogP contribution in [0.25, 0.3) is 0 Å². The largest absolute Gasteiger partial charge is 0.387 e. The van der Waals surface area contributed by atoms with E-state index >= 15 is 0 Å². The number of aliphatic hydroxyl groups excluding tert-OH is 1. The third kappa shape index (κ3) is 11.5. The van der Waals surface area contributed by atoms with Gasteiger partial charge in [0, 0.05) is 7.11 Å². The van der Waals surface area contributed by atoms with Gasteiger partial charge in [-0.2, -0.15) is 0 Å². The predicted molar refractivity (Wildman–Crippen MR) is 217 cm³/mol. The summed E-state index contributed by atoms with van der Waals surface area (Å²) in [5.41, 5.74) is 4.93. The average Bonchev–Trinajstić information content (AvgIpc) is 3.27. The van der Waals surface area contributed by atoms with Crippen LogP contribution in [0.4, 0.5) is 0 Å². The number of hydrogen-bond acceptors (Lipinski definition) is 10. The smallest absolute Gasteiger partial charge is 0.187 e. The van der Waals surface area contributed by atoms with E-state index in [4.69, 9.17) is 42.6 Å². The Kier molecular flexibility index (Phi) is 15.6. The molecule has 10 nitrogen and oxygen atoms in total. The van der Waals surface area contributed by atoms with Gasteiger partial charge in [-0.1, -0.05) is 152 Å². The van der Waals surface area contributed by atoms with Crippen molar-refractivity contribution in [3.63, 3.8) is 0 Å². The van der Waals surface area contributed by atoms with Gasteiger partial charge in [0.2, 0.25) is 0 Å². The standard InChI is InChI=1S/C48H54O10/c1-34-42(52-29-36-20-10-4-11-21-36)44(53-30-37-22-12-5-13-23-37)46(55-32-39-26-16-7-17-27-39)48(56-34)58-43-41(49)40(33-51-28-35-18-8-3-9-19-35)57-47(50-2)45(43)54-31-38-24-14-6-15-25-38/h3-27,34,40-49H,28-33H2,1-2H3/t34-,40+,41-,42+,43-,44+,45+,46-,47+,48-/m0/s1. The van der Waals surface area contributed by atoms with Gasteiger partial charge in [0.05, 0.1) is 45.7 Å². The fourth-order valence-electron chi connectivity index (χ4n) is 7.32. The zero-order valence-electron chi connectivity index (χ0n) is 33.1. The van der Waals surface area contributed by atoms with Crippen molar-refractivity contribution >= 4 is 0 Å². The van der Waals surface area contributed by atoms with Crippen LogP contribution in [-0.2, 0) is 75.7 Å². The monoisotopic (exact) mass is 790 g/mol. The Balaban J connectivity index is 1.18. The number of rotatable bonds is 19. The van der Waals surface area contributed by atoms with Crippen molar-refractivity contribution < 1.29 is 47.7 Å². The lowest BCUT2D eigenvalue weighted by Gasteiger charge is -2.49. The highest BCUT2D eigenvalue weighted by Gasteiger charge is 2.53. The quantitative estimate of drug-likeness (QED) is 0.0911. The molecule has 0 saturated carbocycles. The molecule has 5 aromatic rings. The molecule has 10 heteroatoms. The molecule has 0 spiro atoms. The Morgan fingerprint density at radius 3 is 1.26 bits per heavy atom. The lowest BCUT2D eigenvalue weighted by atomic mass is 9.96. The lowest BCUT2D eigenvalue weighted by Crippen LogP contribution is -2.65. The molecular weight excluding hydrogens is 737 g/mol. The molecule has 1 N–H and O–H groups in total. The summed E-state index contributed by atoms with van der Waals surface area (Å²) in [5, 5.41) is 12.2. The first-order chi connectivity index (χ1) is 28.6. The van der Waals surface area contributed by atoms with Gasteiger partial charge >= 0.3 is 0 Å².